The van der Waals surface area contributed by atoms with E-state index < -0.39 is 10.0 Å². The van der Waals surface area contributed by atoms with E-state index in [1.165, 1.54) is 24.7 Å². The van der Waals surface area contributed by atoms with Crippen molar-refractivity contribution >= 4 is 40.0 Å². The van der Waals surface area contributed by atoms with E-state index in [2.05, 4.69) is 35.8 Å². The first-order valence-corrected chi connectivity index (χ1v) is 13.5. The number of halogens is 1. The van der Waals surface area contributed by atoms with E-state index in [0.717, 1.165) is 50.4 Å². The summed E-state index contributed by atoms with van der Waals surface area (Å²) in [5.41, 5.74) is 1.15. The Morgan fingerprint density at radius 1 is 1.22 bits per heavy atom. The van der Waals surface area contributed by atoms with Crippen LogP contribution in [0, 0.1) is 5.92 Å². The summed E-state index contributed by atoms with van der Waals surface area (Å²) in [6.45, 7) is 4.78. The topological polar surface area (TPSA) is 83.0 Å². The van der Waals surface area contributed by atoms with Crippen molar-refractivity contribution in [1.29, 1.82) is 0 Å². The van der Waals surface area contributed by atoms with Gasteiger partial charge in [0.2, 0.25) is 10.0 Å². The number of hydrogen-bond donors (Lipinski definition) is 2. The number of rotatable bonds is 5. The predicted molar refractivity (Wildman–Crippen MR) is 139 cm³/mol. The van der Waals surface area contributed by atoms with E-state index in [9.17, 15) is 8.42 Å². The number of fused-ring (bicyclic) bond motifs is 1. The van der Waals surface area contributed by atoms with Crippen LogP contribution < -0.4 is 15.4 Å². The smallest absolute Gasteiger partial charge is 0.211 e. The van der Waals surface area contributed by atoms with Crippen molar-refractivity contribution in [1.82, 2.24) is 14.9 Å². The highest BCUT2D eigenvalue weighted by atomic mass is 127. The van der Waals surface area contributed by atoms with Gasteiger partial charge >= 0.3 is 0 Å². The summed E-state index contributed by atoms with van der Waals surface area (Å²) >= 11 is 0. The van der Waals surface area contributed by atoms with Gasteiger partial charge in [-0.2, -0.15) is 0 Å². The maximum Gasteiger partial charge on any atom is 0.211 e. The zero-order valence-corrected chi connectivity index (χ0v) is 22.3. The van der Waals surface area contributed by atoms with Crippen LogP contribution in [-0.2, 0) is 10.0 Å². The number of nitrogens with one attached hydrogen (secondary N) is 2. The van der Waals surface area contributed by atoms with Crippen LogP contribution in [0.4, 0.5) is 0 Å². The first-order valence-electron chi connectivity index (χ1n) is 11.7. The molecule has 1 saturated heterocycles. The van der Waals surface area contributed by atoms with Crippen LogP contribution >= 0.6 is 24.0 Å². The quantitative estimate of drug-likeness (QED) is 0.318. The lowest BCUT2D eigenvalue weighted by Crippen LogP contribution is -2.47. The second-order valence-electron chi connectivity index (χ2n) is 9.26. The van der Waals surface area contributed by atoms with E-state index in [0.29, 0.717) is 25.6 Å². The zero-order chi connectivity index (χ0) is 21.9. The Hall–Kier alpha value is -1.07. The Kier molecular flexibility index (Phi) is 8.71. The molecule has 1 atom stereocenters. The van der Waals surface area contributed by atoms with E-state index in [-0.39, 0.29) is 35.6 Å². The molecule has 0 aromatic heterocycles. The number of ether oxygens (including phenoxy) is 1. The van der Waals surface area contributed by atoms with Crippen molar-refractivity contribution in [2.24, 2.45) is 10.9 Å². The zero-order valence-electron chi connectivity index (χ0n) is 19.2. The molecular formula is C23H37IN4O3S. The molecule has 1 aromatic carbocycles. The van der Waals surface area contributed by atoms with Gasteiger partial charge < -0.3 is 15.4 Å². The third-order valence-electron chi connectivity index (χ3n) is 6.92. The minimum atomic E-state index is -3.09. The highest BCUT2D eigenvalue weighted by molar-refractivity contribution is 14.0. The minimum Gasteiger partial charge on any atom is -0.487 e. The number of guanidine groups is 1. The molecule has 2 fully saturated rings. The first kappa shape index (κ1) is 25.6. The summed E-state index contributed by atoms with van der Waals surface area (Å²) in [4.78, 5) is 4.89. The molecule has 180 valence electrons. The van der Waals surface area contributed by atoms with Gasteiger partial charge in [0.1, 0.15) is 11.4 Å². The van der Waals surface area contributed by atoms with Gasteiger partial charge in [-0.3, -0.25) is 4.99 Å². The van der Waals surface area contributed by atoms with E-state index in [1.54, 1.807) is 4.31 Å². The number of para-hydroxylation sites is 1. The fourth-order valence-corrected chi connectivity index (χ4v) is 6.08. The molecule has 0 radical (unpaired) electrons. The maximum absolute atomic E-state index is 11.7. The summed E-state index contributed by atoms with van der Waals surface area (Å²) in [7, 11) is -3.09. The van der Waals surface area contributed by atoms with E-state index in [4.69, 9.17) is 9.73 Å². The van der Waals surface area contributed by atoms with Crippen molar-refractivity contribution in [2.75, 3.05) is 32.4 Å². The van der Waals surface area contributed by atoms with Gasteiger partial charge in [-0.05, 0) is 57.4 Å². The monoisotopic (exact) mass is 576 g/mol. The second kappa shape index (κ2) is 10.9. The Labute approximate surface area is 209 Å². The van der Waals surface area contributed by atoms with Crippen molar-refractivity contribution in [3.63, 3.8) is 0 Å². The molecule has 1 unspecified atom stereocenters. The molecule has 3 aliphatic rings. The van der Waals surface area contributed by atoms with Crippen LogP contribution in [0.25, 0.3) is 0 Å². The largest absolute Gasteiger partial charge is 0.487 e. The van der Waals surface area contributed by atoms with Crippen LogP contribution in [0.2, 0.25) is 0 Å². The number of nitrogens with zero attached hydrogens (tertiary/aromatic N) is 2. The molecule has 1 aliphatic carbocycles. The molecule has 2 heterocycles. The highest BCUT2D eigenvalue weighted by Crippen LogP contribution is 2.46. The molecule has 1 aromatic rings. The lowest BCUT2D eigenvalue weighted by atomic mass is 9.86. The van der Waals surface area contributed by atoms with Gasteiger partial charge in [0.15, 0.2) is 5.96 Å². The van der Waals surface area contributed by atoms with Crippen molar-refractivity contribution in [2.45, 2.75) is 63.5 Å². The van der Waals surface area contributed by atoms with Gasteiger partial charge in [-0.25, -0.2) is 12.7 Å². The molecule has 2 N–H and O–H groups in total. The number of piperidine rings is 1. The fourth-order valence-electron chi connectivity index (χ4n) is 5.20. The van der Waals surface area contributed by atoms with Crippen LogP contribution in [0.5, 0.6) is 5.75 Å². The highest BCUT2D eigenvalue weighted by Gasteiger charge is 2.43. The standard InChI is InChI=1S/C23H36N4O3S.HI/c1-3-24-22(25-17-18-10-14-27(15-11-18)31(2,28)29)26-20-16-23(12-6-7-13-23)30-21-9-5-4-8-19(20)21;/h4-5,8-9,18,20H,3,6-7,10-17H2,1-2H3,(H2,24,25,26);1H. The molecule has 2 aliphatic heterocycles. The summed E-state index contributed by atoms with van der Waals surface area (Å²) in [5.74, 6) is 2.25. The number of hydrogen-bond acceptors (Lipinski definition) is 4. The number of sulfonamides is 1. The predicted octanol–water partition coefficient (Wildman–Crippen LogP) is 3.67. The normalized spacial score (nSPS) is 23.8. The molecule has 1 spiro atoms. The molecule has 0 amide bonds. The molecule has 4 rings (SSSR count). The molecule has 0 bridgehead atoms. The van der Waals surface area contributed by atoms with Crippen molar-refractivity contribution < 1.29 is 13.2 Å². The van der Waals surface area contributed by atoms with E-state index >= 15 is 0 Å². The van der Waals surface area contributed by atoms with Crippen molar-refractivity contribution in [3.05, 3.63) is 29.8 Å². The second-order valence-corrected chi connectivity index (χ2v) is 11.2. The summed E-state index contributed by atoms with van der Waals surface area (Å²) in [5, 5.41) is 7.09. The van der Waals surface area contributed by atoms with Crippen LogP contribution in [0.15, 0.2) is 29.3 Å². The molecule has 9 heteroatoms. The Balaban J connectivity index is 0.00000289. The van der Waals surface area contributed by atoms with Crippen molar-refractivity contribution in [3.8, 4) is 5.75 Å². The Morgan fingerprint density at radius 3 is 2.56 bits per heavy atom. The van der Waals surface area contributed by atoms with Crippen LogP contribution in [-0.4, -0.2) is 56.7 Å². The van der Waals surface area contributed by atoms with Gasteiger partial charge in [0.25, 0.3) is 0 Å². The van der Waals surface area contributed by atoms with Gasteiger partial charge in [-0.1, -0.05) is 18.2 Å². The Bertz CT molecular complexity index is 894. The average Bonchev–Trinajstić information content (AvgIpc) is 3.19. The van der Waals surface area contributed by atoms with Gasteiger partial charge in [0, 0.05) is 38.2 Å². The minimum absolute atomic E-state index is 0. The summed E-state index contributed by atoms with van der Waals surface area (Å²) in [6.07, 6.45) is 8.67. The fraction of sp³-hybridized carbons (Fsp3) is 0.696. The van der Waals surface area contributed by atoms with E-state index in [1.807, 2.05) is 6.07 Å². The Morgan fingerprint density at radius 2 is 1.91 bits per heavy atom. The maximum atomic E-state index is 11.7. The first-order chi connectivity index (χ1) is 14.9. The molecule has 7 nitrogen and oxygen atoms in total. The summed E-state index contributed by atoms with van der Waals surface area (Å²) < 4.78 is 31.6. The third kappa shape index (κ3) is 6.08. The lowest BCUT2D eigenvalue weighted by Gasteiger charge is -2.40. The molecule has 32 heavy (non-hydrogen) atoms. The third-order valence-corrected chi connectivity index (χ3v) is 8.22. The number of aliphatic imine (C=N–C) groups is 1. The van der Waals surface area contributed by atoms with Crippen LogP contribution in [0.1, 0.15) is 63.5 Å². The SMILES string of the molecule is CCNC(=NCC1CCN(S(C)(=O)=O)CC1)NC1CC2(CCCC2)Oc2ccccc21.I. The molecule has 1 saturated carbocycles. The summed E-state index contributed by atoms with van der Waals surface area (Å²) in [6, 6.07) is 8.53. The van der Waals surface area contributed by atoms with Gasteiger partial charge in [0.05, 0.1) is 12.3 Å². The molecular weight excluding hydrogens is 539 g/mol. The number of benzene rings is 1. The average molecular weight is 577 g/mol. The lowest BCUT2D eigenvalue weighted by molar-refractivity contribution is 0.0396. The van der Waals surface area contributed by atoms with Crippen LogP contribution in [0.3, 0.4) is 0 Å². The van der Waals surface area contributed by atoms with Gasteiger partial charge in [-0.15, -0.1) is 24.0 Å².